The Bertz CT molecular complexity index is 930. The maximum atomic E-state index is 12.5. The Morgan fingerprint density at radius 2 is 1.92 bits per heavy atom. The summed E-state index contributed by atoms with van der Waals surface area (Å²) >= 11 is 0. The molecule has 5 nitrogen and oxygen atoms in total. The minimum absolute atomic E-state index is 0.0534. The number of para-hydroxylation sites is 1. The second kappa shape index (κ2) is 6.51. The third-order valence-corrected chi connectivity index (χ3v) is 4.40. The van der Waals surface area contributed by atoms with Crippen molar-refractivity contribution in [2.45, 2.75) is 19.8 Å². The first-order valence-corrected chi connectivity index (χ1v) is 8.46. The molecule has 2 heterocycles. The number of aryl methyl sites for hydroxylation is 1. The van der Waals surface area contributed by atoms with Crippen LogP contribution < -0.4 is 14.8 Å². The lowest BCUT2D eigenvalue weighted by Crippen LogP contribution is -2.14. The highest BCUT2D eigenvalue weighted by Gasteiger charge is 2.14. The number of carbonyl (C=O) groups excluding carboxylic acids is 1. The number of H-pyrrole nitrogens is 1. The lowest BCUT2D eigenvalue weighted by molar-refractivity contribution is -0.115. The van der Waals surface area contributed by atoms with E-state index in [9.17, 15) is 4.79 Å². The molecule has 0 unspecified atom stereocenters. The molecule has 4 rings (SSSR count). The maximum Gasteiger partial charge on any atom is 0.228 e. The van der Waals surface area contributed by atoms with Gasteiger partial charge in [-0.25, -0.2) is 0 Å². The lowest BCUT2D eigenvalue weighted by atomic mass is 10.1. The molecule has 1 aromatic heterocycles. The molecule has 128 valence electrons. The Balaban J connectivity index is 1.52. The summed E-state index contributed by atoms with van der Waals surface area (Å²) in [7, 11) is 0. The normalized spacial score (nSPS) is 13.5. The SMILES string of the molecule is Cc1[nH]c2ccccc2c1CC(=O)Nc1ccc2c(c1)OCCCO2. The fraction of sp³-hybridized carbons (Fsp3) is 0.250. The monoisotopic (exact) mass is 336 g/mol. The zero-order valence-corrected chi connectivity index (χ0v) is 14.1. The molecule has 0 aliphatic carbocycles. The topological polar surface area (TPSA) is 63.4 Å². The van der Waals surface area contributed by atoms with Gasteiger partial charge < -0.3 is 19.8 Å². The highest BCUT2D eigenvalue weighted by Crippen LogP contribution is 2.32. The summed E-state index contributed by atoms with van der Waals surface area (Å²) in [5.74, 6) is 1.35. The largest absolute Gasteiger partial charge is 0.490 e. The van der Waals surface area contributed by atoms with Crippen LogP contribution in [0.5, 0.6) is 11.5 Å². The molecule has 0 radical (unpaired) electrons. The van der Waals surface area contributed by atoms with Crippen molar-refractivity contribution in [1.82, 2.24) is 4.98 Å². The lowest BCUT2D eigenvalue weighted by Gasteiger charge is -2.10. The van der Waals surface area contributed by atoms with Crippen LogP contribution in [0.25, 0.3) is 10.9 Å². The van der Waals surface area contributed by atoms with Gasteiger partial charge in [0.25, 0.3) is 0 Å². The molecule has 5 heteroatoms. The summed E-state index contributed by atoms with van der Waals surface area (Å²) in [6.45, 7) is 3.27. The first-order chi connectivity index (χ1) is 12.2. The number of anilines is 1. The van der Waals surface area contributed by atoms with Gasteiger partial charge >= 0.3 is 0 Å². The van der Waals surface area contributed by atoms with Gasteiger partial charge in [-0.1, -0.05) is 18.2 Å². The predicted octanol–water partition coefficient (Wildman–Crippen LogP) is 3.82. The van der Waals surface area contributed by atoms with Crippen LogP contribution in [-0.2, 0) is 11.2 Å². The van der Waals surface area contributed by atoms with Crippen molar-refractivity contribution in [3.05, 3.63) is 53.7 Å². The first kappa shape index (κ1) is 15.6. The van der Waals surface area contributed by atoms with Crippen molar-refractivity contribution in [3.8, 4) is 11.5 Å². The van der Waals surface area contributed by atoms with E-state index in [0.717, 1.165) is 34.3 Å². The quantitative estimate of drug-likeness (QED) is 0.764. The zero-order valence-electron chi connectivity index (χ0n) is 14.1. The van der Waals surface area contributed by atoms with Crippen LogP contribution in [0.15, 0.2) is 42.5 Å². The average Bonchev–Trinajstić information content (AvgIpc) is 2.78. The molecule has 0 bridgehead atoms. The number of carbonyl (C=O) groups is 1. The van der Waals surface area contributed by atoms with E-state index in [1.165, 1.54) is 0 Å². The Hall–Kier alpha value is -2.95. The van der Waals surface area contributed by atoms with Gasteiger partial charge in [-0.2, -0.15) is 0 Å². The smallest absolute Gasteiger partial charge is 0.228 e. The summed E-state index contributed by atoms with van der Waals surface area (Å²) < 4.78 is 11.3. The molecule has 0 fully saturated rings. The molecule has 1 amide bonds. The molecule has 0 saturated heterocycles. The zero-order chi connectivity index (χ0) is 17.2. The standard InChI is InChI=1S/C20H20N2O3/c1-13-16(15-5-2-3-6-17(15)21-13)12-20(23)22-14-7-8-18-19(11-14)25-10-4-9-24-18/h2-3,5-8,11,21H,4,9-10,12H2,1H3,(H,22,23). The Morgan fingerprint density at radius 1 is 1.12 bits per heavy atom. The predicted molar refractivity (Wildman–Crippen MR) is 97.4 cm³/mol. The van der Waals surface area contributed by atoms with E-state index >= 15 is 0 Å². The van der Waals surface area contributed by atoms with Crippen LogP contribution in [0.4, 0.5) is 5.69 Å². The summed E-state index contributed by atoms with van der Waals surface area (Å²) in [4.78, 5) is 15.8. The highest BCUT2D eigenvalue weighted by atomic mass is 16.5. The minimum atomic E-state index is -0.0534. The van der Waals surface area contributed by atoms with E-state index in [0.29, 0.717) is 31.1 Å². The van der Waals surface area contributed by atoms with Crippen LogP contribution in [-0.4, -0.2) is 24.1 Å². The van der Waals surface area contributed by atoms with Gasteiger partial charge in [0.1, 0.15) is 0 Å². The van der Waals surface area contributed by atoms with Crippen LogP contribution in [0, 0.1) is 6.92 Å². The van der Waals surface area contributed by atoms with E-state index in [2.05, 4.69) is 10.3 Å². The highest BCUT2D eigenvalue weighted by molar-refractivity contribution is 5.96. The summed E-state index contributed by atoms with van der Waals surface area (Å²) in [6, 6.07) is 13.5. The maximum absolute atomic E-state index is 12.5. The van der Waals surface area contributed by atoms with Crippen LogP contribution in [0.3, 0.4) is 0 Å². The van der Waals surface area contributed by atoms with Gasteiger partial charge in [-0.15, -0.1) is 0 Å². The number of rotatable bonds is 3. The summed E-state index contributed by atoms with van der Waals surface area (Å²) in [5.41, 5.74) is 3.82. The van der Waals surface area contributed by atoms with Crippen molar-refractivity contribution in [3.63, 3.8) is 0 Å². The van der Waals surface area contributed by atoms with Gasteiger partial charge in [0, 0.05) is 34.8 Å². The van der Waals surface area contributed by atoms with Gasteiger partial charge in [-0.05, 0) is 30.7 Å². The minimum Gasteiger partial charge on any atom is -0.490 e. The molecule has 1 aliphatic rings. The molecule has 2 aromatic carbocycles. The van der Waals surface area contributed by atoms with E-state index < -0.39 is 0 Å². The molecular formula is C20H20N2O3. The number of aromatic nitrogens is 1. The van der Waals surface area contributed by atoms with Gasteiger partial charge in [-0.3, -0.25) is 4.79 Å². The Labute approximate surface area is 146 Å². The molecule has 0 spiro atoms. The van der Waals surface area contributed by atoms with Crippen LogP contribution in [0.2, 0.25) is 0 Å². The molecule has 3 aromatic rings. The van der Waals surface area contributed by atoms with Gasteiger partial charge in [0.2, 0.25) is 5.91 Å². The number of benzene rings is 2. The number of aromatic amines is 1. The second-order valence-electron chi connectivity index (χ2n) is 6.21. The van der Waals surface area contributed by atoms with Crippen LogP contribution >= 0.6 is 0 Å². The first-order valence-electron chi connectivity index (χ1n) is 8.46. The van der Waals surface area contributed by atoms with Crippen molar-refractivity contribution in [2.75, 3.05) is 18.5 Å². The molecule has 0 saturated carbocycles. The number of hydrogen-bond donors (Lipinski definition) is 2. The van der Waals surface area contributed by atoms with Crippen molar-refractivity contribution >= 4 is 22.5 Å². The van der Waals surface area contributed by atoms with E-state index in [4.69, 9.17) is 9.47 Å². The summed E-state index contributed by atoms with van der Waals surface area (Å²) in [5, 5.41) is 4.05. The van der Waals surface area contributed by atoms with E-state index in [-0.39, 0.29) is 5.91 Å². The second-order valence-corrected chi connectivity index (χ2v) is 6.21. The number of nitrogens with one attached hydrogen (secondary N) is 2. The summed E-state index contributed by atoms with van der Waals surface area (Å²) in [6.07, 6.45) is 1.18. The average molecular weight is 336 g/mol. The molecule has 1 aliphatic heterocycles. The van der Waals surface area contributed by atoms with Crippen molar-refractivity contribution in [1.29, 1.82) is 0 Å². The van der Waals surface area contributed by atoms with E-state index in [1.54, 1.807) is 0 Å². The molecule has 2 N–H and O–H groups in total. The fourth-order valence-electron chi connectivity index (χ4n) is 3.17. The van der Waals surface area contributed by atoms with Crippen molar-refractivity contribution in [2.24, 2.45) is 0 Å². The van der Waals surface area contributed by atoms with Gasteiger partial charge in [0.05, 0.1) is 19.6 Å². The fourth-order valence-corrected chi connectivity index (χ4v) is 3.17. The third-order valence-electron chi connectivity index (χ3n) is 4.40. The Kier molecular flexibility index (Phi) is 4.06. The van der Waals surface area contributed by atoms with E-state index in [1.807, 2.05) is 49.4 Å². The number of ether oxygens (including phenoxy) is 2. The third kappa shape index (κ3) is 3.18. The number of fused-ring (bicyclic) bond motifs is 2. The van der Waals surface area contributed by atoms with Crippen LogP contribution in [0.1, 0.15) is 17.7 Å². The Morgan fingerprint density at radius 3 is 2.80 bits per heavy atom. The molecular weight excluding hydrogens is 316 g/mol. The van der Waals surface area contributed by atoms with Crippen molar-refractivity contribution < 1.29 is 14.3 Å². The van der Waals surface area contributed by atoms with Gasteiger partial charge in [0.15, 0.2) is 11.5 Å². The molecule has 25 heavy (non-hydrogen) atoms. The number of amides is 1. The number of hydrogen-bond acceptors (Lipinski definition) is 3. The molecule has 0 atom stereocenters.